The molecule has 0 aliphatic carbocycles. The Morgan fingerprint density at radius 3 is 2.74 bits per heavy atom. The average Bonchev–Trinajstić information content (AvgIpc) is 2.80. The number of ether oxygens (including phenoxy) is 2. The number of hydrogen-bond donors (Lipinski definition) is 2. The Hall–Kier alpha value is -4.31. The van der Waals surface area contributed by atoms with E-state index in [-0.39, 0.29) is 0 Å². The molecular weight excluding hydrogens is 390 g/mol. The van der Waals surface area contributed by atoms with Gasteiger partial charge < -0.3 is 20.1 Å². The van der Waals surface area contributed by atoms with Gasteiger partial charge in [-0.05, 0) is 30.3 Å². The first-order valence-electron chi connectivity index (χ1n) is 9.87. The van der Waals surface area contributed by atoms with Crippen LogP contribution in [0.15, 0.2) is 60.9 Å². The molecule has 7 nitrogen and oxygen atoms in total. The van der Waals surface area contributed by atoms with E-state index in [9.17, 15) is 0 Å². The molecule has 31 heavy (non-hydrogen) atoms. The first-order valence-corrected chi connectivity index (χ1v) is 9.87. The minimum Gasteiger partial charge on any atom is -0.490 e. The van der Waals surface area contributed by atoms with E-state index in [0.717, 1.165) is 33.5 Å². The van der Waals surface area contributed by atoms with Crippen molar-refractivity contribution in [2.75, 3.05) is 30.9 Å². The second kappa shape index (κ2) is 8.20. The molecule has 7 heteroatoms. The van der Waals surface area contributed by atoms with Crippen LogP contribution < -0.4 is 20.1 Å². The fraction of sp³-hybridized carbons (Fsp3) is 0.125. The zero-order valence-electron chi connectivity index (χ0n) is 16.8. The number of pyridine rings is 3. The summed E-state index contributed by atoms with van der Waals surface area (Å²) in [6, 6.07) is 15.2. The van der Waals surface area contributed by atoms with Crippen molar-refractivity contribution < 1.29 is 9.47 Å². The van der Waals surface area contributed by atoms with Gasteiger partial charge in [0.25, 0.3) is 0 Å². The Balaban J connectivity index is 1.66. The highest BCUT2D eigenvalue weighted by atomic mass is 16.5. The quantitative estimate of drug-likeness (QED) is 0.460. The maximum atomic E-state index is 5.80. The molecule has 1 aliphatic heterocycles. The van der Waals surface area contributed by atoms with Crippen molar-refractivity contribution in [2.45, 2.75) is 0 Å². The second-order valence-corrected chi connectivity index (χ2v) is 6.85. The molecule has 152 valence electrons. The molecule has 0 amide bonds. The van der Waals surface area contributed by atoms with E-state index in [2.05, 4.69) is 37.4 Å². The van der Waals surface area contributed by atoms with Gasteiger partial charge in [-0.2, -0.15) is 4.98 Å². The summed E-state index contributed by atoms with van der Waals surface area (Å²) < 4.78 is 11.5. The van der Waals surface area contributed by atoms with Gasteiger partial charge in [-0.15, -0.1) is 0 Å². The van der Waals surface area contributed by atoms with Gasteiger partial charge in [0.1, 0.15) is 36.4 Å². The second-order valence-electron chi connectivity index (χ2n) is 6.85. The van der Waals surface area contributed by atoms with Crippen LogP contribution in [-0.2, 0) is 0 Å². The van der Waals surface area contributed by atoms with Crippen molar-refractivity contribution in [2.24, 2.45) is 0 Å². The molecule has 5 rings (SSSR count). The summed E-state index contributed by atoms with van der Waals surface area (Å²) in [6.07, 6.45) is 3.55. The number of anilines is 3. The molecule has 2 N–H and O–H groups in total. The fourth-order valence-electron chi connectivity index (χ4n) is 3.31. The van der Waals surface area contributed by atoms with Gasteiger partial charge in [0.15, 0.2) is 0 Å². The molecule has 6 bridgehead atoms. The molecule has 0 unspecified atom stereocenters. The van der Waals surface area contributed by atoms with E-state index < -0.39 is 0 Å². The summed E-state index contributed by atoms with van der Waals surface area (Å²) >= 11 is 0. The molecule has 0 saturated heterocycles. The van der Waals surface area contributed by atoms with Crippen LogP contribution in [0.4, 0.5) is 17.5 Å². The number of nitrogens with one attached hydrogen (secondary N) is 2. The highest BCUT2D eigenvalue weighted by molar-refractivity contribution is 5.96. The fourth-order valence-corrected chi connectivity index (χ4v) is 3.31. The first kappa shape index (κ1) is 18.7. The van der Waals surface area contributed by atoms with Gasteiger partial charge >= 0.3 is 0 Å². The molecule has 1 aromatic carbocycles. The zero-order valence-corrected chi connectivity index (χ0v) is 16.8. The Labute approximate surface area is 179 Å². The highest BCUT2D eigenvalue weighted by Gasteiger charge is 2.09. The maximum absolute atomic E-state index is 5.80. The lowest BCUT2D eigenvalue weighted by atomic mass is 10.1. The van der Waals surface area contributed by atoms with Crippen molar-refractivity contribution in [3.05, 3.63) is 72.1 Å². The molecule has 3 aromatic heterocycles. The number of nitrogens with zero attached hydrogens (tertiary/aromatic N) is 3. The minimum absolute atomic E-state index is 0.375. The molecular formula is C24H19N5O2. The lowest BCUT2D eigenvalue weighted by Crippen LogP contribution is -2.10. The van der Waals surface area contributed by atoms with Crippen molar-refractivity contribution in [1.29, 1.82) is 0 Å². The van der Waals surface area contributed by atoms with Gasteiger partial charge in [-0.1, -0.05) is 24.0 Å². The predicted octanol–water partition coefficient (Wildman–Crippen LogP) is 3.98. The average molecular weight is 409 g/mol. The van der Waals surface area contributed by atoms with Crippen LogP contribution in [-0.4, -0.2) is 35.2 Å². The number of benzene rings is 1. The van der Waals surface area contributed by atoms with Crippen LogP contribution in [0.5, 0.6) is 11.6 Å². The lowest BCUT2D eigenvalue weighted by Gasteiger charge is -2.11. The number of rotatable bonds is 1. The number of fused-ring (bicyclic) bond motifs is 5. The van der Waals surface area contributed by atoms with Crippen molar-refractivity contribution in [1.82, 2.24) is 15.0 Å². The third kappa shape index (κ3) is 4.05. The first-order chi connectivity index (χ1) is 15.3. The predicted molar refractivity (Wildman–Crippen MR) is 120 cm³/mol. The molecule has 4 heterocycles. The molecule has 0 saturated carbocycles. The Morgan fingerprint density at radius 1 is 0.903 bits per heavy atom. The van der Waals surface area contributed by atoms with Gasteiger partial charge in [-0.3, -0.25) is 0 Å². The summed E-state index contributed by atoms with van der Waals surface area (Å²) in [7, 11) is 1.83. The van der Waals surface area contributed by atoms with Gasteiger partial charge in [0.05, 0.1) is 5.56 Å². The maximum Gasteiger partial charge on any atom is 0.215 e. The Morgan fingerprint density at radius 2 is 1.81 bits per heavy atom. The third-order valence-corrected chi connectivity index (χ3v) is 4.77. The molecule has 0 spiro atoms. The van der Waals surface area contributed by atoms with E-state index >= 15 is 0 Å². The summed E-state index contributed by atoms with van der Waals surface area (Å²) in [4.78, 5) is 13.5. The van der Waals surface area contributed by atoms with E-state index in [1.54, 1.807) is 12.4 Å². The van der Waals surface area contributed by atoms with Crippen molar-refractivity contribution >= 4 is 28.2 Å². The number of hydrogen-bond acceptors (Lipinski definition) is 7. The Bertz CT molecular complexity index is 1330. The van der Waals surface area contributed by atoms with E-state index in [4.69, 9.17) is 9.47 Å². The SMILES string of the molecule is CNc1ncc2c3cc(ncc13)Nc1cccc(n1)OCCOc1cccc(c1)C#C2. The standard InChI is InChI=1S/C24H19N5O2/c1-25-24-20-15-26-22-13-19(20)17(14-27-24)9-8-16-4-2-5-18(12-16)30-10-11-31-23-7-3-6-21(28-22)29-23/h2-7,12-15H,10-11H2,1H3,(H,25,27)(H,26,28,29). The van der Waals surface area contributed by atoms with Crippen LogP contribution in [0.3, 0.4) is 0 Å². The summed E-state index contributed by atoms with van der Waals surface area (Å²) in [5.74, 6) is 9.75. The van der Waals surface area contributed by atoms with Crippen LogP contribution in [0.1, 0.15) is 11.1 Å². The van der Waals surface area contributed by atoms with E-state index in [1.807, 2.05) is 55.6 Å². The number of aromatic nitrogens is 3. The van der Waals surface area contributed by atoms with Gasteiger partial charge in [0, 0.05) is 41.8 Å². The molecule has 0 fully saturated rings. The highest BCUT2D eigenvalue weighted by Crippen LogP contribution is 2.27. The van der Waals surface area contributed by atoms with Crippen LogP contribution in [0.2, 0.25) is 0 Å². The van der Waals surface area contributed by atoms with Crippen LogP contribution >= 0.6 is 0 Å². The van der Waals surface area contributed by atoms with Gasteiger partial charge in [0.2, 0.25) is 5.88 Å². The topological polar surface area (TPSA) is 81.2 Å². The normalized spacial score (nSPS) is 12.5. The van der Waals surface area contributed by atoms with Crippen LogP contribution in [0, 0.1) is 11.8 Å². The van der Waals surface area contributed by atoms with E-state index in [0.29, 0.717) is 30.7 Å². The molecule has 0 radical (unpaired) electrons. The van der Waals surface area contributed by atoms with Crippen LogP contribution in [0.25, 0.3) is 10.8 Å². The minimum atomic E-state index is 0.375. The monoisotopic (exact) mass is 409 g/mol. The third-order valence-electron chi connectivity index (χ3n) is 4.77. The largest absolute Gasteiger partial charge is 0.490 e. The molecule has 0 atom stereocenters. The van der Waals surface area contributed by atoms with Gasteiger partial charge in [-0.25, -0.2) is 9.97 Å². The smallest absolute Gasteiger partial charge is 0.215 e. The Kier molecular flexibility index (Phi) is 4.95. The molecule has 1 aliphatic rings. The van der Waals surface area contributed by atoms with E-state index in [1.165, 1.54) is 0 Å². The summed E-state index contributed by atoms with van der Waals surface area (Å²) in [5, 5.41) is 8.18. The summed E-state index contributed by atoms with van der Waals surface area (Å²) in [6.45, 7) is 0.773. The zero-order chi connectivity index (χ0) is 21.0. The lowest BCUT2D eigenvalue weighted by molar-refractivity contribution is 0.212. The van der Waals surface area contributed by atoms with Crippen molar-refractivity contribution in [3.8, 4) is 23.5 Å². The molecule has 4 aromatic rings. The summed E-state index contributed by atoms with van der Waals surface area (Å²) in [5.41, 5.74) is 1.66. The van der Waals surface area contributed by atoms with Crippen molar-refractivity contribution in [3.63, 3.8) is 0 Å².